The minimum atomic E-state index is 0.434. The highest BCUT2D eigenvalue weighted by Gasteiger charge is 2.25. The maximum Gasteiger partial charge on any atom is 0.0409 e. The molecule has 0 spiro atoms. The first-order valence-electron chi connectivity index (χ1n) is 7.44. The van der Waals surface area contributed by atoms with Crippen LogP contribution in [0.5, 0.6) is 0 Å². The van der Waals surface area contributed by atoms with Crippen molar-refractivity contribution in [1.82, 2.24) is 10.2 Å². The number of hydrogen-bond donors (Lipinski definition) is 1. The zero-order valence-electron chi connectivity index (χ0n) is 12.0. The van der Waals surface area contributed by atoms with E-state index < -0.39 is 0 Å². The number of nitrogens with zero attached hydrogens (tertiary/aromatic N) is 1. The smallest absolute Gasteiger partial charge is 0.0409 e. The van der Waals surface area contributed by atoms with Gasteiger partial charge in [0, 0.05) is 23.7 Å². The van der Waals surface area contributed by atoms with E-state index in [2.05, 4.69) is 42.3 Å². The molecule has 1 fully saturated rings. The van der Waals surface area contributed by atoms with Gasteiger partial charge in [-0.05, 0) is 57.0 Å². The topological polar surface area (TPSA) is 15.3 Å². The Morgan fingerprint density at radius 2 is 2.32 bits per heavy atom. The Balaban J connectivity index is 2.12. The number of benzene rings is 1. The maximum absolute atomic E-state index is 6.13. The van der Waals surface area contributed by atoms with E-state index in [9.17, 15) is 0 Å². The fourth-order valence-electron chi connectivity index (χ4n) is 3.03. The van der Waals surface area contributed by atoms with Gasteiger partial charge < -0.3 is 5.32 Å². The molecule has 0 aromatic heterocycles. The number of hydrogen-bond acceptors (Lipinski definition) is 2. The van der Waals surface area contributed by atoms with E-state index in [0.717, 1.165) is 18.1 Å². The van der Waals surface area contributed by atoms with Crippen LogP contribution in [0.15, 0.2) is 24.3 Å². The highest BCUT2D eigenvalue weighted by atomic mass is 35.5. The summed E-state index contributed by atoms with van der Waals surface area (Å²) < 4.78 is 0. The Morgan fingerprint density at radius 3 is 2.95 bits per heavy atom. The monoisotopic (exact) mass is 280 g/mol. The van der Waals surface area contributed by atoms with E-state index in [1.165, 1.54) is 31.4 Å². The molecule has 3 heteroatoms. The van der Waals surface area contributed by atoms with Crippen molar-refractivity contribution in [1.29, 1.82) is 0 Å². The van der Waals surface area contributed by atoms with Crippen LogP contribution < -0.4 is 5.32 Å². The van der Waals surface area contributed by atoms with Crippen LogP contribution in [0, 0.1) is 0 Å². The van der Waals surface area contributed by atoms with Crippen molar-refractivity contribution < 1.29 is 0 Å². The number of rotatable bonds is 5. The van der Waals surface area contributed by atoms with Crippen molar-refractivity contribution >= 4 is 11.6 Å². The predicted molar refractivity (Wildman–Crippen MR) is 82.8 cm³/mol. The Bertz CT molecular complexity index is 388. The van der Waals surface area contributed by atoms with E-state index >= 15 is 0 Å². The van der Waals surface area contributed by atoms with Gasteiger partial charge in [0.25, 0.3) is 0 Å². The van der Waals surface area contributed by atoms with Gasteiger partial charge in [0.15, 0.2) is 0 Å². The lowest BCUT2D eigenvalue weighted by Gasteiger charge is -2.39. The first-order chi connectivity index (χ1) is 9.22. The molecule has 0 aliphatic carbocycles. The van der Waals surface area contributed by atoms with Crippen molar-refractivity contribution in [2.75, 3.05) is 19.6 Å². The highest BCUT2D eigenvalue weighted by Crippen LogP contribution is 2.27. The maximum atomic E-state index is 6.13. The fraction of sp³-hybridized carbons (Fsp3) is 0.625. The molecule has 2 atom stereocenters. The van der Waals surface area contributed by atoms with Crippen LogP contribution >= 0.6 is 11.6 Å². The first kappa shape index (κ1) is 14.8. The van der Waals surface area contributed by atoms with Gasteiger partial charge in [-0.3, -0.25) is 4.90 Å². The summed E-state index contributed by atoms with van der Waals surface area (Å²) in [4.78, 5) is 2.64. The number of piperidine rings is 1. The molecule has 1 N–H and O–H groups in total. The molecule has 2 rings (SSSR count). The lowest BCUT2D eigenvalue weighted by atomic mass is 10.00. The molecule has 0 saturated carbocycles. The van der Waals surface area contributed by atoms with Gasteiger partial charge in [0.2, 0.25) is 0 Å². The SMILES string of the molecule is CCCN(C1CCCNC1)C(C)c1cccc(Cl)c1. The Hall–Kier alpha value is -0.570. The van der Waals surface area contributed by atoms with E-state index in [1.54, 1.807) is 0 Å². The second-order valence-corrected chi connectivity index (χ2v) is 5.91. The van der Waals surface area contributed by atoms with E-state index in [4.69, 9.17) is 11.6 Å². The van der Waals surface area contributed by atoms with Crippen molar-refractivity contribution in [3.8, 4) is 0 Å². The van der Waals surface area contributed by atoms with Crippen LogP contribution in [-0.2, 0) is 0 Å². The Labute approximate surface area is 122 Å². The second-order valence-electron chi connectivity index (χ2n) is 5.47. The normalized spacial score (nSPS) is 21.6. The fourth-order valence-corrected chi connectivity index (χ4v) is 3.22. The lowest BCUT2D eigenvalue weighted by Crippen LogP contribution is -2.47. The van der Waals surface area contributed by atoms with Gasteiger partial charge >= 0.3 is 0 Å². The zero-order valence-corrected chi connectivity index (χ0v) is 12.8. The summed E-state index contributed by atoms with van der Waals surface area (Å²) in [6.45, 7) is 8.00. The molecule has 1 saturated heterocycles. The zero-order chi connectivity index (χ0) is 13.7. The van der Waals surface area contributed by atoms with Gasteiger partial charge in [-0.2, -0.15) is 0 Å². The third-order valence-corrected chi connectivity index (χ3v) is 4.29. The molecule has 1 aliphatic heterocycles. The van der Waals surface area contributed by atoms with Gasteiger partial charge in [-0.15, -0.1) is 0 Å². The van der Waals surface area contributed by atoms with Crippen LogP contribution in [0.25, 0.3) is 0 Å². The predicted octanol–water partition coefficient (Wildman–Crippen LogP) is 3.87. The number of nitrogens with one attached hydrogen (secondary N) is 1. The summed E-state index contributed by atoms with van der Waals surface area (Å²) in [7, 11) is 0. The third-order valence-electron chi connectivity index (χ3n) is 4.05. The molecule has 0 amide bonds. The van der Waals surface area contributed by atoms with Gasteiger partial charge in [-0.1, -0.05) is 30.7 Å². The molecular formula is C16H25ClN2. The molecule has 2 unspecified atom stereocenters. The second kappa shape index (κ2) is 7.28. The average Bonchev–Trinajstić information content (AvgIpc) is 2.45. The van der Waals surface area contributed by atoms with Crippen LogP contribution in [0.4, 0.5) is 0 Å². The minimum Gasteiger partial charge on any atom is -0.315 e. The molecule has 1 heterocycles. The largest absolute Gasteiger partial charge is 0.315 e. The van der Waals surface area contributed by atoms with Crippen molar-refractivity contribution in [2.24, 2.45) is 0 Å². The van der Waals surface area contributed by atoms with Crippen molar-refractivity contribution in [2.45, 2.75) is 45.2 Å². The summed E-state index contributed by atoms with van der Waals surface area (Å²) in [5.74, 6) is 0. The molecule has 0 bridgehead atoms. The summed E-state index contributed by atoms with van der Waals surface area (Å²) >= 11 is 6.13. The molecule has 19 heavy (non-hydrogen) atoms. The van der Waals surface area contributed by atoms with E-state index in [-0.39, 0.29) is 0 Å². The highest BCUT2D eigenvalue weighted by molar-refractivity contribution is 6.30. The van der Waals surface area contributed by atoms with Gasteiger partial charge in [0.05, 0.1) is 0 Å². The summed E-state index contributed by atoms with van der Waals surface area (Å²) in [6.07, 6.45) is 3.78. The summed E-state index contributed by atoms with van der Waals surface area (Å²) in [6, 6.07) is 9.38. The molecule has 2 nitrogen and oxygen atoms in total. The molecule has 1 aliphatic rings. The van der Waals surface area contributed by atoms with E-state index in [1.807, 2.05) is 6.07 Å². The molecule has 0 radical (unpaired) electrons. The molecule has 1 aromatic carbocycles. The van der Waals surface area contributed by atoms with Crippen LogP contribution in [0.2, 0.25) is 5.02 Å². The van der Waals surface area contributed by atoms with E-state index in [0.29, 0.717) is 12.1 Å². The Kier molecular flexibility index (Phi) is 5.68. The minimum absolute atomic E-state index is 0.434. The van der Waals surface area contributed by atoms with Crippen LogP contribution in [0.1, 0.15) is 44.7 Å². The summed E-state index contributed by atoms with van der Waals surface area (Å²) in [5.41, 5.74) is 1.33. The quantitative estimate of drug-likeness (QED) is 0.881. The molecular weight excluding hydrogens is 256 g/mol. The third kappa shape index (κ3) is 3.95. The van der Waals surface area contributed by atoms with Gasteiger partial charge in [-0.25, -0.2) is 0 Å². The number of halogens is 1. The summed E-state index contributed by atoms with van der Waals surface area (Å²) in [5, 5.41) is 4.36. The molecule has 1 aromatic rings. The first-order valence-corrected chi connectivity index (χ1v) is 7.82. The average molecular weight is 281 g/mol. The van der Waals surface area contributed by atoms with Crippen molar-refractivity contribution in [3.05, 3.63) is 34.9 Å². The van der Waals surface area contributed by atoms with Gasteiger partial charge in [0.1, 0.15) is 0 Å². The Morgan fingerprint density at radius 1 is 1.47 bits per heavy atom. The molecule has 106 valence electrons. The lowest BCUT2D eigenvalue weighted by molar-refractivity contribution is 0.120. The standard InChI is InChI=1S/C16H25ClN2/c1-3-10-19(16-8-5-9-18-12-16)13(2)14-6-4-7-15(17)11-14/h4,6-7,11,13,16,18H,3,5,8-10,12H2,1-2H3. The van der Waals surface area contributed by atoms with Crippen molar-refractivity contribution in [3.63, 3.8) is 0 Å². The van der Waals surface area contributed by atoms with Crippen LogP contribution in [0.3, 0.4) is 0 Å². The van der Waals surface area contributed by atoms with Crippen LogP contribution in [-0.4, -0.2) is 30.6 Å².